The minimum atomic E-state index is -0.573. The average molecular weight is 227 g/mol. The van der Waals surface area contributed by atoms with E-state index < -0.39 is 6.10 Å². The Kier molecular flexibility index (Phi) is 5.37. The van der Waals surface area contributed by atoms with E-state index >= 15 is 0 Å². The number of carbonyl (C=O) groups excluding carboxylic acids is 1. The van der Waals surface area contributed by atoms with Crippen molar-refractivity contribution in [2.24, 2.45) is 0 Å². The molecule has 0 spiro atoms. The lowest BCUT2D eigenvalue weighted by Gasteiger charge is -2.08. The summed E-state index contributed by atoms with van der Waals surface area (Å²) in [6, 6.07) is 9.02. The molecule has 0 amide bonds. The highest BCUT2D eigenvalue weighted by Gasteiger charge is 2.11. The van der Waals surface area contributed by atoms with Crippen molar-refractivity contribution in [1.29, 1.82) is 0 Å². The molecule has 0 radical (unpaired) electrons. The van der Waals surface area contributed by atoms with Crippen LogP contribution in [0.1, 0.15) is 29.6 Å². The van der Waals surface area contributed by atoms with Crippen molar-refractivity contribution < 1.29 is 9.90 Å². The van der Waals surface area contributed by atoms with E-state index in [-0.39, 0.29) is 12.2 Å². The maximum absolute atomic E-state index is 11.6. The standard InChI is InChI=1S/C12H15ClO2/c13-8-4-7-11(14)9-12(15)10-5-2-1-3-6-10/h1-3,5-6,11,14H,4,7-9H2. The fourth-order valence-corrected chi connectivity index (χ4v) is 1.53. The lowest BCUT2D eigenvalue weighted by molar-refractivity contribution is 0.0867. The van der Waals surface area contributed by atoms with E-state index in [0.29, 0.717) is 17.9 Å². The third kappa shape index (κ3) is 4.45. The molecule has 0 heterocycles. The number of aliphatic hydroxyl groups is 1. The van der Waals surface area contributed by atoms with Crippen LogP contribution in [0.3, 0.4) is 0 Å². The topological polar surface area (TPSA) is 37.3 Å². The summed E-state index contributed by atoms with van der Waals surface area (Å²) >= 11 is 5.50. The van der Waals surface area contributed by atoms with Gasteiger partial charge in [0.2, 0.25) is 0 Å². The van der Waals surface area contributed by atoms with E-state index in [9.17, 15) is 9.90 Å². The Labute approximate surface area is 94.9 Å². The third-order valence-corrected chi connectivity index (χ3v) is 2.46. The van der Waals surface area contributed by atoms with Gasteiger partial charge in [0.05, 0.1) is 6.10 Å². The molecule has 0 fully saturated rings. The van der Waals surface area contributed by atoms with Crippen LogP contribution in [0.2, 0.25) is 0 Å². The van der Waals surface area contributed by atoms with Crippen LogP contribution >= 0.6 is 11.6 Å². The van der Waals surface area contributed by atoms with Crippen molar-refractivity contribution >= 4 is 17.4 Å². The van der Waals surface area contributed by atoms with Crippen LogP contribution < -0.4 is 0 Å². The van der Waals surface area contributed by atoms with Crippen molar-refractivity contribution in [3.8, 4) is 0 Å². The van der Waals surface area contributed by atoms with Gasteiger partial charge in [0.25, 0.3) is 0 Å². The Morgan fingerprint density at radius 1 is 1.33 bits per heavy atom. The zero-order valence-electron chi connectivity index (χ0n) is 8.53. The molecule has 0 bridgehead atoms. The van der Waals surface area contributed by atoms with Crippen LogP contribution in [0.25, 0.3) is 0 Å². The van der Waals surface area contributed by atoms with Crippen molar-refractivity contribution in [3.63, 3.8) is 0 Å². The number of aliphatic hydroxyl groups excluding tert-OH is 1. The number of rotatable bonds is 6. The summed E-state index contributed by atoms with van der Waals surface area (Å²) in [4.78, 5) is 11.6. The number of halogens is 1. The van der Waals surface area contributed by atoms with Gasteiger partial charge in [-0.2, -0.15) is 0 Å². The number of hydrogen-bond acceptors (Lipinski definition) is 2. The van der Waals surface area contributed by atoms with Gasteiger partial charge in [-0.15, -0.1) is 11.6 Å². The van der Waals surface area contributed by atoms with Gasteiger partial charge >= 0.3 is 0 Å². The number of Topliss-reactive ketones (excluding diaryl/α,β-unsaturated/α-hetero) is 1. The number of benzene rings is 1. The smallest absolute Gasteiger partial charge is 0.165 e. The molecule has 15 heavy (non-hydrogen) atoms. The minimum absolute atomic E-state index is 0.0160. The van der Waals surface area contributed by atoms with E-state index in [1.807, 2.05) is 18.2 Å². The molecule has 0 saturated carbocycles. The zero-order chi connectivity index (χ0) is 11.1. The maximum Gasteiger partial charge on any atom is 0.165 e. The summed E-state index contributed by atoms with van der Waals surface area (Å²) in [5, 5.41) is 9.53. The molecule has 1 aromatic carbocycles. The lowest BCUT2D eigenvalue weighted by Crippen LogP contribution is -2.13. The number of hydrogen-bond donors (Lipinski definition) is 1. The summed E-state index contributed by atoms with van der Waals surface area (Å²) in [7, 11) is 0. The second-order valence-corrected chi connectivity index (χ2v) is 3.86. The van der Waals surface area contributed by atoms with Gasteiger partial charge in [0.15, 0.2) is 5.78 Å². The minimum Gasteiger partial charge on any atom is -0.393 e. The van der Waals surface area contributed by atoms with Gasteiger partial charge in [0.1, 0.15) is 0 Å². The van der Waals surface area contributed by atoms with Crippen LogP contribution in [-0.2, 0) is 0 Å². The van der Waals surface area contributed by atoms with E-state index in [0.717, 1.165) is 6.42 Å². The summed E-state index contributed by atoms with van der Waals surface area (Å²) < 4.78 is 0. The van der Waals surface area contributed by atoms with Gasteiger partial charge in [-0.3, -0.25) is 4.79 Å². The Morgan fingerprint density at radius 3 is 2.60 bits per heavy atom. The summed E-state index contributed by atoms with van der Waals surface area (Å²) in [5.41, 5.74) is 0.655. The highest BCUT2D eigenvalue weighted by atomic mass is 35.5. The van der Waals surface area contributed by atoms with Crippen LogP contribution in [-0.4, -0.2) is 22.9 Å². The van der Waals surface area contributed by atoms with Crippen molar-refractivity contribution in [3.05, 3.63) is 35.9 Å². The summed E-state index contributed by atoms with van der Waals surface area (Å²) in [6.45, 7) is 0. The van der Waals surface area contributed by atoms with E-state index in [2.05, 4.69) is 0 Å². The molecule has 0 aromatic heterocycles. The molecule has 1 N–H and O–H groups in total. The molecule has 1 rings (SSSR count). The van der Waals surface area contributed by atoms with Crippen molar-refractivity contribution in [2.45, 2.75) is 25.4 Å². The molecule has 0 aliphatic heterocycles. The first-order valence-electron chi connectivity index (χ1n) is 5.06. The molecule has 2 nitrogen and oxygen atoms in total. The highest BCUT2D eigenvalue weighted by Crippen LogP contribution is 2.09. The number of carbonyl (C=O) groups is 1. The first kappa shape index (κ1) is 12.2. The van der Waals surface area contributed by atoms with Crippen molar-refractivity contribution in [1.82, 2.24) is 0 Å². The van der Waals surface area contributed by atoms with E-state index in [1.165, 1.54) is 0 Å². The molecule has 1 aromatic rings. The molecule has 1 atom stereocenters. The van der Waals surface area contributed by atoms with Gasteiger partial charge in [-0.1, -0.05) is 30.3 Å². The van der Waals surface area contributed by atoms with Crippen LogP contribution in [0.15, 0.2) is 30.3 Å². The third-order valence-electron chi connectivity index (χ3n) is 2.19. The summed E-state index contributed by atoms with van der Waals surface area (Å²) in [6.07, 6.45) is 0.935. The Morgan fingerprint density at radius 2 is 2.00 bits per heavy atom. The lowest BCUT2D eigenvalue weighted by atomic mass is 10.0. The van der Waals surface area contributed by atoms with Gasteiger partial charge < -0.3 is 5.11 Å². The fraction of sp³-hybridized carbons (Fsp3) is 0.417. The van der Waals surface area contributed by atoms with Gasteiger partial charge in [0, 0.05) is 17.9 Å². The first-order chi connectivity index (χ1) is 7.24. The van der Waals surface area contributed by atoms with Crippen LogP contribution in [0.5, 0.6) is 0 Å². The molecule has 82 valence electrons. The predicted molar refractivity (Wildman–Crippen MR) is 61.4 cm³/mol. The largest absolute Gasteiger partial charge is 0.393 e. The molecule has 0 aliphatic carbocycles. The van der Waals surface area contributed by atoms with E-state index in [1.54, 1.807) is 12.1 Å². The van der Waals surface area contributed by atoms with Crippen LogP contribution in [0, 0.1) is 0 Å². The number of alkyl halides is 1. The second-order valence-electron chi connectivity index (χ2n) is 3.48. The zero-order valence-corrected chi connectivity index (χ0v) is 9.28. The molecule has 1 unspecified atom stereocenters. The Balaban J connectivity index is 2.42. The normalized spacial score (nSPS) is 12.4. The van der Waals surface area contributed by atoms with Crippen LogP contribution in [0.4, 0.5) is 0 Å². The SMILES string of the molecule is O=C(CC(O)CCCCl)c1ccccc1. The Bertz CT molecular complexity index is 298. The number of ketones is 1. The first-order valence-corrected chi connectivity index (χ1v) is 5.59. The van der Waals surface area contributed by atoms with Gasteiger partial charge in [-0.25, -0.2) is 0 Å². The quantitative estimate of drug-likeness (QED) is 0.598. The predicted octanol–water partition coefficient (Wildman–Crippen LogP) is 2.64. The molecule has 0 aliphatic rings. The molecule has 3 heteroatoms. The maximum atomic E-state index is 11.6. The second kappa shape index (κ2) is 6.59. The van der Waals surface area contributed by atoms with Gasteiger partial charge in [-0.05, 0) is 12.8 Å². The highest BCUT2D eigenvalue weighted by molar-refractivity contribution is 6.17. The molecule has 0 saturated heterocycles. The monoisotopic (exact) mass is 226 g/mol. The average Bonchev–Trinajstić information content (AvgIpc) is 2.27. The fourth-order valence-electron chi connectivity index (χ4n) is 1.37. The Hall–Kier alpha value is -0.860. The van der Waals surface area contributed by atoms with E-state index in [4.69, 9.17) is 11.6 Å². The summed E-state index contributed by atoms with van der Waals surface area (Å²) in [5.74, 6) is 0.508. The molecular formula is C12H15ClO2. The van der Waals surface area contributed by atoms with Crippen molar-refractivity contribution in [2.75, 3.05) is 5.88 Å². The molecular weight excluding hydrogens is 212 g/mol.